The molecule has 0 aromatic rings. The van der Waals surface area contributed by atoms with E-state index in [1.165, 1.54) is 6.42 Å². The molecule has 1 aliphatic rings. The van der Waals surface area contributed by atoms with Crippen molar-refractivity contribution in [2.75, 3.05) is 0 Å². The lowest BCUT2D eigenvalue weighted by molar-refractivity contribution is 0.724. The van der Waals surface area contributed by atoms with Crippen molar-refractivity contribution in [1.82, 2.24) is 0 Å². The van der Waals surface area contributed by atoms with Crippen LogP contribution in [0.3, 0.4) is 0 Å². The van der Waals surface area contributed by atoms with E-state index in [1.54, 1.807) is 6.08 Å². The van der Waals surface area contributed by atoms with E-state index >= 15 is 0 Å². The molecule has 0 bridgehead atoms. The predicted octanol–water partition coefficient (Wildman–Crippen LogP) is 3.67. The summed E-state index contributed by atoms with van der Waals surface area (Å²) in [4.78, 5) is 4.40. The molecular formula is C13H17N. The maximum atomic E-state index is 4.40. The molecule has 0 radical (unpaired) electrons. The van der Waals surface area contributed by atoms with Crippen LogP contribution in [0.5, 0.6) is 0 Å². The van der Waals surface area contributed by atoms with Crippen LogP contribution in [0.4, 0.5) is 0 Å². The summed E-state index contributed by atoms with van der Waals surface area (Å²) in [6.07, 6.45) is 16.2. The minimum absolute atomic E-state index is 0.450. The van der Waals surface area contributed by atoms with E-state index in [-0.39, 0.29) is 0 Å². The maximum absolute atomic E-state index is 4.40. The third-order valence-corrected chi connectivity index (χ3v) is 2.15. The molecule has 0 aliphatic carbocycles. The first-order chi connectivity index (χ1) is 6.88. The summed E-state index contributed by atoms with van der Waals surface area (Å²) in [5.74, 6) is 0.450. The average molecular weight is 187 g/mol. The Morgan fingerprint density at radius 3 is 3.07 bits per heavy atom. The molecule has 1 nitrogen and oxygen atoms in total. The molecule has 1 unspecified atom stereocenters. The molecule has 0 aromatic carbocycles. The average Bonchev–Trinajstić information content (AvgIpc) is 2.41. The van der Waals surface area contributed by atoms with Gasteiger partial charge in [-0.1, -0.05) is 44.2 Å². The van der Waals surface area contributed by atoms with E-state index in [2.05, 4.69) is 30.6 Å². The highest BCUT2D eigenvalue weighted by molar-refractivity contribution is 5.98. The maximum Gasteiger partial charge on any atom is 0.0472 e. The van der Waals surface area contributed by atoms with Crippen LogP contribution in [-0.2, 0) is 0 Å². The van der Waals surface area contributed by atoms with E-state index in [4.69, 9.17) is 0 Å². The quantitative estimate of drug-likeness (QED) is 0.595. The number of nitrogens with zero attached hydrogens (tertiary/aromatic N) is 1. The van der Waals surface area contributed by atoms with Crippen molar-refractivity contribution in [1.29, 1.82) is 0 Å². The van der Waals surface area contributed by atoms with Crippen LogP contribution in [0, 0.1) is 5.92 Å². The first-order valence-corrected chi connectivity index (χ1v) is 5.08. The van der Waals surface area contributed by atoms with E-state index < -0.39 is 0 Å². The van der Waals surface area contributed by atoms with Crippen LogP contribution in [0.1, 0.15) is 19.8 Å². The first kappa shape index (κ1) is 10.7. The number of hydrogen-bond acceptors (Lipinski definition) is 1. The molecule has 1 heteroatoms. The van der Waals surface area contributed by atoms with Gasteiger partial charge in [0.2, 0.25) is 0 Å². The van der Waals surface area contributed by atoms with E-state index in [9.17, 15) is 0 Å². The minimum atomic E-state index is 0.450. The van der Waals surface area contributed by atoms with E-state index in [0.29, 0.717) is 5.92 Å². The highest BCUT2D eigenvalue weighted by Crippen LogP contribution is 2.14. The first-order valence-electron chi connectivity index (χ1n) is 5.08. The Balaban J connectivity index is 2.79. The van der Waals surface area contributed by atoms with Crippen LogP contribution in [0.2, 0.25) is 0 Å². The fourth-order valence-corrected chi connectivity index (χ4v) is 1.46. The molecule has 74 valence electrons. The number of rotatable bonds is 4. The fourth-order valence-electron chi connectivity index (χ4n) is 1.46. The second kappa shape index (κ2) is 6.14. The summed E-state index contributed by atoms with van der Waals surface area (Å²) in [6.45, 7) is 5.86. The van der Waals surface area contributed by atoms with E-state index in [1.807, 2.05) is 24.4 Å². The molecule has 1 heterocycles. The second-order valence-corrected chi connectivity index (χ2v) is 3.27. The molecule has 14 heavy (non-hydrogen) atoms. The Morgan fingerprint density at radius 2 is 2.36 bits per heavy atom. The Hall–Kier alpha value is -1.37. The third-order valence-electron chi connectivity index (χ3n) is 2.15. The Bertz CT molecular complexity index is 292. The van der Waals surface area contributed by atoms with Crippen molar-refractivity contribution < 1.29 is 0 Å². The van der Waals surface area contributed by atoms with Crippen LogP contribution < -0.4 is 0 Å². The van der Waals surface area contributed by atoms with Gasteiger partial charge >= 0.3 is 0 Å². The van der Waals surface area contributed by atoms with Gasteiger partial charge in [-0.15, -0.1) is 0 Å². The zero-order valence-corrected chi connectivity index (χ0v) is 8.69. The minimum Gasteiger partial charge on any atom is -0.261 e. The van der Waals surface area contributed by atoms with Gasteiger partial charge in [0.25, 0.3) is 0 Å². The number of allylic oxidation sites excluding steroid dienone is 6. The Morgan fingerprint density at radius 1 is 1.50 bits per heavy atom. The second-order valence-electron chi connectivity index (χ2n) is 3.27. The topological polar surface area (TPSA) is 12.4 Å². The molecular weight excluding hydrogens is 170 g/mol. The smallest absolute Gasteiger partial charge is 0.0472 e. The lowest BCUT2D eigenvalue weighted by Gasteiger charge is -2.09. The lowest BCUT2D eigenvalue weighted by atomic mass is 9.97. The van der Waals surface area contributed by atoms with Crippen LogP contribution in [0.25, 0.3) is 0 Å². The lowest BCUT2D eigenvalue weighted by Crippen LogP contribution is -2.08. The molecule has 0 saturated carbocycles. The monoisotopic (exact) mass is 187 g/mol. The Kier molecular flexibility index (Phi) is 4.70. The van der Waals surface area contributed by atoms with Gasteiger partial charge in [-0.2, -0.15) is 0 Å². The van der Waals surface area contributed by atoms with Crippen molar-refractivity contribution in [2.24, 2.45) is 10.9 Å². The van der Waals surface area contributed by atoms with Gasteiger partial charge in [0, 0.05) is 17.8 Å². The molecule has 0 spiro atoms. The van der Waals surface area contributed by atoms with Crippen molar-refractivity contribution in [2.45, 2.75) is 19.8 Å². The summed E-state index contributed by atoms with van der Waals surface area (Å²) in [7, 11) is 0. The van der Waals surface area contributed by atoms with Crippen LogP contribution in [-0.4, -0.2) is 5.71 Å². The zero-order chi connectivity index (χ0) is 10.2. The molecule has 0 fully saturated rings. The predicted molar refractivity (Wildman–Crippen MR) is 63.5 cm³/mol. The van der Waals surface area contributed by atoms with E-state index in [0.717, 1.165) is 12.1 Å². The number of aliphatic imine (C=N–C) groups is 1. The largest absolute Gasteiger partial charge is 0.261 e. The SMILES string of the molecule is C=C/C=C\C1=NC=CC=CC1CCC. The van der Waals surface area contributed by atoms with Crippen molar-refractivity contribution in [3.63, 3.8) is 0 Å². The van der Waals surface area contributed by atoms with Crippen molar-refractivity contribution in [3.8, 4) is 0 Å². The summed E-state index contributed by atoms with van der Waals surface area (Å²) < 4.78 is 0. The van der Waals surface area contributed by atoms with Crippen LogP contribution in [0.15, 0.2) is 54.2 Å². The van der Waals surface area contributed by atoms with Gasteiger partial charge in [0.1, 0.15) is 0 Å². The third kappa shape index (κ3) is 3.17. The molecule has 0 amide bonds. The number of hydrogen-bond donors (Lipinski definition) is 0. The summed E-state index contributed by atoms with van der Waals surface area (Å²) in [5.41, 5.74) is 1.12. The van der Waals surface area contributed by atoms with Crippen molar-refractivity contribution >= 4 is 5.71 Å². The van der Waals surface area contributed by atoms with Gasteiger partial charge in [-0.25, -0.2) is 0 Å². The zero-order valence-electron chi connectivity index (χ0n) is 8.69. The standard InChI is InChI=1S/C13H17N/c1-3-5-10-13-12(8-4-2)9-6-7-11-14-13/h3,5-7,9-12H,1,4,8H2,2H3/b10-5-. The molecule has 1 rings (SSSR count). The highest BCUT2D eigenvalue weighted by atomic mass is 14.7. The fraction of sp³-hybridized carbons (Fsp3) is 0.308. The van der Waals surface area contributed by atoms with Crippen molar-refractivity contribution in [3.05, 3.63) is 49.2 Å². The van der Waals surface area contributed by atoms with Gasteiger partial charge in [0.05, 0.1) is 0 Å². The van der Waals surface area contributed by atoms with Gasteiger partial charge in [-0.3, -0.25) is 4.99 Å². The summed E-state index contributed by atoms with van der Waals surface area (Å²) in [6, 6.07) is 0. The molecule has 1 aliphatic heterocycles. The molecule has 1 atom stereocenters. The summed E-state index contributed by atoms with van der Waals surface area (Å²) in [5, 5.41) is 0. The summed E-state index contributed by atoms with van der Waals surface area (Å²) >= 11 is 0. The highest BCUT2D eigenvalue weighted by Gasteiger charge is 2.09. The van der Waals surface area contributed by atoms with Gasteiger partial charge < -0.3 is 0 Å². The Labute approximate surface area is 86.2 Å². The van der Waals surface area contributed by atoms with Gasteiger partial charge in [-0.05, 0) is 18.6 Å². The van der Waals surface area contributed by atoms with Crippen LogP contribution >= 0.6 is 0 Å². The normalized spacial score (nSPS) is 20.9. The molecule has 0 N–H and O–H groups in total. The molecule has 0 aromatic heterocycles. The van der Waals surface area contributed by atoms with Gasteiger partial charge in [0.15, 0.2) is 0 Å². The molecule has 0 saturated heterocycles.